The third kappa shape index (κ3) is 2.92. The molecule has 0 aliphatic rings. The van der Waals surface area contributed by atoms with E-state index in [1.54, 1.807) is 41.2 Å². The number of H-pyrrole nitrogens is 1. The van der Waals surface area contributed by atoms with Crippen molar-refractivity contribution < 1.29 is 4.79 Å². The standard InChI is InChI=1S/C19H14N4O2/c24-18-15-9-5-4-6-13(15)12-16(20-18)19(25)21-17-10-11-23(22-17)14-7-2-1-3-8-14/h1-12H,(H,20,24)(H,21,22,25). The number of nitrogens with zero attached hydrogens (tertiary/aromatic N) is 2. The Bertz CT molecular complexity index is 1110. The molecule has 122 valence electrons. The molecule has 0 fully saturated rings. The Labute approximate surface area is 142 Å². The average Bonchev–Trinajstić information content (AvgIpc) is 3.11. The van der Waals surface area contributed by atoms with E-state index in [-0.39, 0.29) is 11.3 Å². The van der Waals surface area contributed by atoms with Gasteiger partial charge in [0.1, 0.15) is 5.69 Å². The number of rotatable bonds is 3. The van der Waals surface area contributed by atoms with Crippen LogP contribution in [0, 0.1) is 0 Å². The summed E-state index contributed by atoms with van der Waals surface area (Å²) >= 11 is 0. The van der Waals surface area contributed by atoms with Gasteiger partial charge in [0.25, 0.3) is 11.5 Å². The molecule has 1 amide bonds. The van der Waals surface area contributed by atoms with E-state index in [1.165, 1.54) is 0 Å². The van der Waals surface area contributed by atoms with Crippen molar-refractivity contribution in [2.24, 2.45) is 0 Å². The number of hydrogen-bond donors (Lipinski definition) is 2. The van der Waals surface area contributed by atoms with Crippen LogP contribution in [0.4, 0.5) is 5.82 Å². The lowest BCUT2D eigenvalue weighted by molar-refractivity contribution is 0.102. The van der Waals surface area contributed by atoms with Crippen LogP contribution in [0.1, 0.15) is 10.5 Å². The summed E-state index contributed by atoms with van der Waals surface area (Å²) in [5, 5.41) is 8.29. The summed E-state index contributed by atoms with van der Waals surface area (Å²) < 4.78 is 1.67. The molecule has 6 nitrogen and oxygen atoms in total. The number of carbonyl (C=O) groups is 1. The van der Waals surface area contributed by atoms with Crippen LogP contribution in [0.3, 0.4) is 0 Å². The van der Waals surface area contributed by atoms with E-state index in [1.807, 2.05) is 36.4 Å². The number of anilines is 1. The second-order valence-corrected chi connectivity index (χ2v) is 5.53. The minimum absolute atomic E-state index is 0.193. The maximum atomic E-state index is 12.4. The molecule has 0 radical (unpaired) electrons. The fourth-order valence-corrected chi connectivity index (χ4v) is 2.63. The third-order valence-electron chi connectivity index (χ3n) is 3.85. The number of aromatic nitrogens is 3. The summed E-state index contributed by atoms with van der Waals surface area (Å²) in [6.45, 7) is 0. The van der Waals surface area contributed by atoms with Crippen LogP contribution in [-0.2, 0) is 0 Å². The molecular formula is C19H14N4O2. The maximum Gasteiger partial charge on any atom is 0.273 e. The maximum absolute atomic E-state index is 12.4. The van der Waals surface area contributed by atoms with Gasteiger partial charge in [0.2, 0.25) is 0 Å². The van der Waals surface area contributed by atoms with Gasteiger partial charge in [0.15, 0.2) is 5.82 Å². The SMILES string of the molecule is O=C(Nc1ccn(-c2ccccc2)n1)c1cc2ccccc2c(=O)[nH]1. The van der Waals surface area contributed by atoms with Crippen LogP contribution >= 0.6 is 0 Å². The van der Waals surface area contributed by atoms with Crippen molar-refractivity contribution in [3.63, 3.8) is 0 Å². The van der Waals surface area contributed by atoms with Crippen molar-refractivity contribution in [2.45, 2.75) is 0 Å². The van der Waals surface area contributed by atoms with Crippen molar-refractivity contribution in [1.82, 2.24) is 14.8 Å². The molecule has 0 saturated carbocycles. The lowest BCUT2D eigenvalue weighted by Gasteiger charge is -2.04. The number of carbonyl (C=O) groups excluding carboxylic acids is 1. The fraction of sp³-hybridized carbons (Fsp3) is 0. The first-order valence-corrected chi connectivity index (χ1v) is 7.75. The lowest BCUT2D eigenvalue weighted by Crippen LogP contribution is -2.19. The van der Waals surface area contributed by atoms with Crippen molar-refractivity contribution >= 4 is 22.5 Å². The smallest absolute Gasteiger partial charge is 0.273 e. The van der Waals surface area contributed by atoms with Crippen LogP contribution in [0.15, 0.2) is 77.7 Å². The van der Waals surface area contributed by atoms with E-state index in [2.05, 4.69) is 15.4 Å². The molecule has 4 rings (SSSR count). The van der Waals surface area contributed by atoms with E-state index >= 15 is 0 Å². The number of para-hydroxylation sites is 1. The Hall–Kier alpha value is -3.67. The van der Waals surface area contributed by atoms with Crippen LogP contribution in [0.2, 0.25) is 0 Å². The Kier molecular flexibility index (Phi) is 3.63. The van der Waals surface area contributed by atoms with E-state index in [4.69, 9.17) is 0 Å². The second-order valence-electron chi connectivity index (χ2n) is 5.53. The van der Waals surface area contributed by atoms with Gasteiger partial charge in [-0.25, -0.2) is 4.68 Å². The molecule has 0 aliphatic carbocycles. The molecule has 0 aliphatic heterocycles. The predicted molar refractivity (Wildman–Crippen MR) is 96.1 cm³/mol. The summed E-state index contributed by atoms with van der Waals surface area (Å²) in [6, 6.07) is 20.1. The summed E-state index contributed by atoms with van der Waals surface area (Å²) in [5.74, 6) is -0.0102. The molecule has 2 N–H and O–H groups in total. The number of pyridine rings is 1. The zero-order chi connectivity index (χ0) is 17.2. The number of aromatic amines is 1. The molecule has 0 atom stereocenters. The molecule has 2 aromatic carbocycles. The Morgan fingerprint density at radius 3 is 2.60 bits per heavy atom. The largest absolute Gasteiger partial charge is 0.317 e. The van der Waals surface area contributed by atoms with Crippen LogP contribution in [-0.4, -0.2) is 20.7 Å². The quantitative estimate of drug-likeness (QED) is 0.606. The van der Waals surface area contributed by atoms with Crippen molar-refractivity contribution in [2.75, 3.05) is 5.32 Å². The van der Waals surface area contributed by atoms with E-state index in [9.17, 15) is 9.59 Å². The predicted octanol–water partition coefficient (Wildman–Crippen LogP) is 2.97. The van der Waals surface area contributed by atoms with Crippen molar-refractivity contribution in [3.05, 3.63) is 89.0 Å². The molecule has 6 heteroatoms. The normalized spacial score (nSPS) is 10.7. The molecule has 2 heterocycles. The van der Waals surface area contributed by atoms with Crippen LogP contribution in [0.5, 0.6) is 0 Å². The second kappa shape index (κ2) is 6.09. The zero-order valence-corrected chi connectivity index (χ0v) is 13.1. The van der Waals surface area contributed by atoms with Gasteiger partial charge in [-0.05, 0) is 29.7 Å². The lowest BCUT2D eigenvalue weighted by atomic mass is 10.1. The minimum atomic E-state index is -0.416. The van der Waals surface area contributed by atoms with Gasteiger partial charge >= 0.3 is 0 Å². The molecule has 25 heavy (non-hydrogen) atoms. The molecule has 4 aromatic rings. The first-order chi connectivity index (χ1) is 12.2. The van der Waals surface area contributed by atoms with Crippen LogP contribution in [0.25, 0.3) is 16.5 Å². The van der Waals surface area contributed by atoms with Gasteiger partial charge in [-0.2, -0.15) is 5.10 Å². The number of fused-ring (bicyclic) bond motifs is 1. The van der Waals surface area contributed by atoms with E-state index in [0.717, 1.165) is 5.69 Å². The highest BCUT2D eigenvalue weighted by atomic mass is 16.2. The van der Waals surface area contributed by atoms with Gasteiger partial charge in [-0.3, -0.25) is 9.59 Å². The van der Waals surface area contributed by atoms with Gasteiger partial charge < -0.3 is 10.3 Å². The molecule has 0 saturated heterocycles. The Balaban J connectivity index is 1.61. The van der Waals surface area contributed by atoms with Gasteiger partial charge in [-0.15, -0.1) is 0 Å². The summed E-state index contributed by atoms with van der Waals surface area (Å²) in [5.41, 5.74) is 0.790. The summed E-state index contributed by atoms with van der Waals surface area (Å²) in [4.78, 5) is 27.1. The van der Waals surface area contributed by atoms with Crippen molar-refractivity contribution in [3.8, 4) is 5.69 Å². The molecule has 0 bridgehead atoms. The highest BCUT2D eigenvalue weighted by molar-refractivity contribution is 6.04. The summed E-state index contributed by atoms with van der Waals surface area (Å²) in [6.07, 6.45) is 1.76. The minimum Gasteiger partial charge on any atom is -0.317 e. The Morgan fingerprint density at radius 1 is 1.00 bits per heavy atom. The van der Waals surface area contributed by atoms with E-state index in [0.29, 0.717) is 16.6 Å². The number of amides is 1. The third-order valence-corrected chi connectivity index (χ3v) is 3.85. The first kappa shape index (κ1) is 14.9. The summed E-state index contributed by atoms with van der Waals surface area (Å²) in [7, 11) is 0. The van der Waals surface area contributed by atoms with Gasteiger partial charge in [0, 0.05) is 17.6 Å². The molecule has 2 aromatic heterocycles. The first-order valence-electron chi connectivity index (χ1n) is 7.75. The number of nitrogens with one attached hydrogen (secondary N) is 2. The zero-order valence-electron chi connectivity index (χ0n) is 13.1. The average molecular weight is 330 g/mol. The highest BCUT2D eigenvalue weighted by Crippen LogP contribution is 2.13. The molecule has 0 spiro atoms. The number of hydrogen-bond acceptors (Lipinski definition) is 3. The van der Waals surface area contributed by atoms with E-state index < -0.39 is 5.91 Å². The monoisotopic (exact) mass is 330 g/mol. The van der Waals surface area contributed by atoms with Crippen LogP contribution < -0.4 is 10.9 Å². The van der Waals surface area contributed by atoms with Gasteiger partial charge in [-0.1, -0.05) is 36.4 Å². The Morgan fingerprint density at radius 2 is 1.76 bits per heavy atom. The topological polar surface area (TPSA) is 79.8 Å². The van der Waals surface area contributed by atoms with Crippen molar-refractivity contribution in [1.29, 1.82) is 0 Å². The fourth-order valence-electron chi connectivity index (χ4n) is 2.63. The number of benzene rings is 2. The van der Waals surface area contributed by atoms with Gasteiger partial charge in [0.05, 0.1) is 5.69 Å². The molecular weight excluding hydrogens is 316 g/mol. The molecule has 0 unspecified atom stereocenters. The highest BCUT2D eigenvalue weighted by Gasteiger charge is 2.11.